The predicted molar refractivity (Wildman–Crippen MR) is 73.1 cm³/mol. The maximum absolute atomic E-state index is 12.8. The van der Waals surface area contributed by atoms with Crippen LogP contribution >= 0.6 is 23.2 Å². The van der Waals surface area contributed by atoms with Crippen LogP contribution in [0.3, 0.4) is 0 Å². The highest BCUT2D eigenvalue weighted by Gasteiger charge is 2.09. The van der Waals surface area contributed by atoms with Gasteiger partial charge in [0.2, 0.25) is 0 Å². The Bertz CT molecular complexity index is 547. The largest absolute Gasteiger partial charge is 0.486 e. The summed E-state index contributed by atoms with van der Waals surface area (Å²) in [4.78, 5) is 0. The van der Waals surface area contributed by atoms with Gasteiger partial charge in [-0.2, -0.15) is 0 Å². The molecule has 0 aliphatic heterocycles. The van der Waals surface area contributed by atoms with Gasteiger partial charge < -0.3 is 9.84 Å². The minimum absolute atomic E-state index is 0.141. The topological polar surface area (TPSA) is 29.5 Å². The summed E-state index contributed by atoms with van der Waals surface area (Å²) in [5.74, 6) is 0.0528. The van der Waals surface area contributed by atoms with Crippen LogP contribution < -0.4 is 4.74 Å². The monoisotopic (exact) mass is 300 g/mol. The quantitative estimate of drug-likeness (QED) is 0.917. The lowest BCUT2D eigenvalue weighted by molar-refractivity contribution is 0.281. The highest BCUT2D eigenvalue weighted by molar-refractivity contribution is 6.37. The highest BCUT2D eigenvalue weighted by atomic mass is 35.5. The van der Waals surface area contributed by atoms with Crippen molar-refractivity contribution in [3.63, 3.8) is 0 Å². The first kappa shape index (κ1) is 14.1. The Hall–Kier alpha value is -1.29. The van der Waals surface area contributed by atoms with Gasteiger partial charge in [-0.05, 0) is 35.4 Å². The fourth-order valence-electron chi connectivity index (χ4n) is 1.58. The summed E-state index contributed by atoms with van der Waals surface area (Å²) in [6.45, 7) is 0.0931. The summed E-state index contributed by atoms with van der Waals surface area (Å²) < 4.78 is 18.3. The number of halogens is 3. The predicted octanol–water partition coefficient (Wildman–Crippen LogP) is 4.20. The Labute approximate surface area is 120 Å². The van der Waals surface area contributed by atoms with Crippen molar-refractivity contribution in [1.29, 1.82) is 0 Å². The van der Waals surface area contributed by atoms with Crippen molar-refractivity contribution in [3.8, 4) is 5.75 Å². The fraction of sp³-hybridized carbons (Fsp3) is 0.143. The third kappa shape index (κ3) is 3.60. The highest BCUT2D eigenvalue weighted by Crippen LogP contribution is 2.34. The molecule has 19 heavy (non-hydrogen) atoms. The molecule has 0 unspecified atom stereocenters. The van der Waals surface area contributed by atoms with Crippen LogP contribution in [-0.4, -0.2) is 5.11 Å². The molecule has 5 heteroatoms. The molecule has 2 aromatic rings. The Kier molecular flexibility index (Phi) is 4.64. The van der Waals surface area contributed by atoms with Gasteiger partial charge in [-0.3, -0.25) is 0 Å². The van der Waals surface area contributed by atoms with Gasteiger partial charge in [0.05, 0.1) is 16.7 Å². The molecule has 0 radical (unpaired) electrons. The number of hydrogen-bond acceptors (Lipinski definition) is 2. The van der Waals surface area contributed by atoms with Crippen LogP contribution in [0.5, 0.6) is 5.75 Å². The first-order chi connectivity index (χ1) is 9.10. The molecule has 0 atom stereocenters. The van der Waals surface area contributed by atoms with Gasteiger partial charge in [-0.1, -0.05) is 35.3 Å². The van der Waals surface area contributed by atoms with Crippen molar-refractivity contribution < 1.29 is 14.2 Å². The number of benzene rings is 2. The van der Waals surface area contributed by atoms with E-state index in [4.69, 9.17) is 33.0 Å². The van der Waals surface area contributed by atoms with Crippen LogP contribution in [0.15, 0.2) is 36.4 Å². The van der Waals surface area contributed by atoms with Crippen molar-refractivity contribution >= 4 is 23.2 Å². The molecule has 100 valence electrons. The molecule has 0 heterocycles. The third-order valence-corrected chi connectivity index (χ3v) is 3.10. The van der Waals surface area contributed by atoms with Crippen LogP contribution in [0.1, 0.15) is 11.1 Å². The number of hydrogen-bond donors (Lipinski definition) is 1. The Morgan fingerprint density at radius 2 is 1.58 bits per heavy atom. The molecule has 0 bridgehead atoms. The molecular weight excluding hydrogens is 290 g/mol. The zero-order chi connectivity index (χ0) is 13.8. The van der Waals surface area contributed by atoms with E-state index < -0.39 is 0 Å². The van der Waals surface area contributed by atoms with Gasteiger partial charge in [-0.25, -0.2) is 4.39 Å². The lowest BCUT2D eigenvalue weighted by atomic mass is 10.2. The smallest absolute Gasteiger partial charge is 0.156 e. The second-order valence-electron chi connectivity index (χ2n) is 3.96. The zero-order valence-electron chi connectivity index (χ0n) is 9.87. The molecular formula is C14H11Cl2FO2. The van der Waals surface area contributed by atoms with Crippen molar-refractivity contribution in [2.75, 3.05) is 0 Å². The number of aliphatic hydroxyl groups is 1. The van der Waals surface area contributed by atoms with Gasteiger partial charge in [0.15, 0.2) is 5.75 Å². The van der Waals surface area contributed by atoms with E-state index in [-0.39, 0.29) is 19.0 Å². The van der Waals surface area contributed by atoms with E-state index in [2.05, 4.69) is 0 Å². The van der Waals surface area contributed by atoms with Crippen molar-refractivity contribution in [1.82, 2.24) is 0 Å². The van der Waals surface area contributed by atoms with Crippen molar-refractivity contribution in [3.05, 3.63) is 63.4 Å². The Balaban J connectivity index is 2.13. The first-order valence-electron chi connectivity index (χ1n) is 5.56. The molecule has 0 saturated carbocycles. The van der Waals surface area contributed by atoms with Crippen LogP contribution in [0.25, 0.3) is 0 Å². The number of ether oxygens (including phenoxy) is 1. The van der Waals surface area contributed by atoms with Crippen molar-refractivity contribution in [2.24, 2.45) is 0 Å². The molecule has 2 nitrogen and oxygen atoms in total. The molecule has 0 aromatic heterocycles. The lowest BCUT2D eigenvalue weighted by Gasteiger charge is -2.11. The van der Waals surface area contributed by atoms with E-state index in [1.54, 1.807) is 24.3 Å². The van der Waals surface area contributed by atoms with Crippen LogP contribution in [-0.2, 0) is 13.2 Å². The molecule has 2 rings (SSSR count). The standard InChI is InChI=1S/C14H11Cl2FO2/c15-12-5-10(7-18)6-13(16)14(12)19-8-9-1-3-11(17)4-2-9/h1-6,18H,7-8H2. The molecule has 0 spiro atoms. The summed E-state index contributed by atoms with van der Waals surface area (Å²) in [7, 11) is 0. The normalized spacial score (nSPS) is 10.5. The number of aliphatic hydroxyl groups excluding tert-OH is 1. The molecule has 0 amide bonds. The molecule has 2 aromatic carbocycles. The zero-order valence-corrected chi connectivity index (χ0v) is 11.4. The Morgan fingerprint density at radius 3 is 2.11 bits per heavy atom. The molecule has 0 aliphatic carbocycles. The summed E-state index contributed by atoms with van der Waals surface area (Å²) in [6.07, 6.45) is 0. The average molecular weight is 301 g/mol. The lowest BCUT2D eigenvalue weighted by Crippen LogP contribution is -1.97. The minimum Gasteiger partial charge on any atom is -0.486 e. The fourth-order valence-corrected chi connectivity index (χ4v) is 2.22. The minimum atomic E-state index is -0.299. The first-order valence-corrected chi connectivity index (χ1v) is 6.32. The summed E-state index contributed by atoms with van der Waals surface area (Å²) in [6, 6.07) is 9.15. The summed E-state index contributed by atoms with van der Waals surface area (Å²) in [5, 5.41) is 9.68. The summed E-state index contributed by atoms with van der Waals surface area (Å²) in [5.41, 5.74) is 1.42. The van der Waals surface area contributed by atoms with E-state index >= 15 is 0 Å². The van der Waals surface area contributed by atoms with Gasteiger partial charge in [0.1, 0.15) is 12.4 Å². The van der Waals surface area contributed by atoms with E-state index in [1.165, 1.54) is 12.1 Å². The SMILES string of the molecule is OCc1cc(Cl)c(OCc2ccc(F)cc2)c(Cl)c1. The van der Waals surface area contributed by atoms with Crippen molar-refractivity contribution in [2.45, 2.75) is 13.2 Å². The molecule has 0 fully saturated rings. The van der Waals surface area contributed by atoms with Gasteiger partial charge in [0, 0.05) is 0 Å². The third-order valence-electron chi connectivity index (χ3n) is 2.54. The van der Waals surface area contributed by atoms with E-state index in [0.717, 1.165) is 5.56 Å². The maximum Gasteiger partial charge on any atom is 0.156 e. The molecule has 1 N–H and O–H groups in total. The maximum atomic E-state index is 12.8. The van der Waals surface area contributed by atoms with E-state index in [0.29, 0.717) is 21.4 Å². The number of rotatable bonds is 4. The van der Waals surface area contributed by atoms with Crippen LogP contribution in [0, 0.1) is 5.82 Å². The van der Waals surface area contributed by atoms with Gasteiger partial charge in [-0.15, -0.1) is 0 Å². The second kappa shape index (κ2) is 6.24. The average Bonchev–Trinajstić information content (AvgIpc) is 2.39. The van der Waals surface area contributed by atoms with Gasteiger partial charge in [0.25, 0.3) is 0 Å². The van der Waals surface area contributed by atoms with Crippen LogP contribution in [0.4, 0.5) is 4.39 Å². The van der Waals surface area contributed by atoms with E-state index in [9.17, 15) is 4.39 Å². The van der Waals surface area contributed by atoms with Crippen LogP contribution in [0.2, 0.25) is 10.0 Å². The summed E-state index contributed by atoms with van der Waals surface area (Å²) >= 11 is 12.0. The second-order valence-corrected chi connectivity index (χ2v) is 4.78. The molecule has 0 aliphatic rings. The van der Waals surface area contributed by atoms with Gasteiger partial charge >= 0.3 is 0 Å². The Morgan fingerprint density at radius 1 is 1.00 bits per heavy atom. The van der Waals surface area contributed by atoms with E-state index in [1.807, 2.05) is 0 Å². The molecule has 0 saturated heterocycles.